The van der Waals surface area contributed by atoms with Crippen molar-refractivity contribution in [2.75, 3.05) is 5.73 Å². The van der Waals surface area contributed by atoms with E-state index in [1.165, 1.54) is 5.38 Å². The van der Waals surface area contributed by atoms with E-state index >= 15 is 0 Å². The molecule has 1 aliphatic heterocycles. The van der Waals surface area contributed by atoms with Crippen LogP contribution in [0.25, 0.3) is 0 Å². The number of nitrogens with two attached hydrogens (primary N) is 2. The van der Waals surface area contributed by atoms with E-state index in [1.54, 1.807) is 0 Å². The van der Waals surface area contributed by atoms with Gasteiger partial charge in [0.25, 0.3) is 10.2 Å². The van der Waals surface area contributed by atoms with Crippen molar-refractivity contribution >= 4 is 39.6 Å². The molecule has 0 spiro atoms. The van der Waals surface area contributed by atoms with E-state index in [9.17, 15) is 18.2 Å². The summed E-state index contributed by atoms with van der Waals surface area (Å²) in [4.78, 5) is 16.8. The predicted molar refractivity (Wildman–Crippen MR) is 102 cm³/mol. The van der Waals surface area contributed by atoms with Gasteiger partial charge in [-0.3, -0.25) is 4.79 Å². The van der Waals surface area contributed by atoms with Gasteiger partial charge in [-0.1, -0.05) is 18.2 Å². The van der Waals surface area contributed by atoms with Crippen LogP contribution in [0, 0.1) is 6.92 Å². The summed E-state index contributed by atoms with van der Waals surface area (Å²) in [6, 6.07) is 4.33. The average Bonchev–Trinajstić information content (AvgIpc) is 3.00. The molecule has 1 aliphatic rings. The number of hydrogen-bond acceptors (Lipinski definition) is 8. The molecule has 0 saturated heterocycles. The summed E-state index contributed by atoms with van der Waals surface area (Å²) in [5, 5.41) is 17.0. The van der Waals surface area contributed by atoms with E-state index in [-0.39, 0.29) is 17.2 Å². The van der Waals surface area contributed by atoms with Crippen molar-refractivity contribution in [3.63, 3.8) is 0 Å². The minimum Gasteiger partial charge on any atom is -0.536 e. The number of anilines is 1. The Kier molecular flexibility index (Phi) is 5.54. The normalized spacial score (nSPS) is 17.9. The van der Waals surface area contributed by atoms with Crippen molar-refractivity contribution in [2.24, 2.45) is 5.14 Å². The first kappa shape index (κ1) is 19.8. The summed E-state index contributed by atoms with van der Waals surface area (Å²) in [6.07, 6.45) is 0.296. The minimum absolute atomic E-state index is 0.126. The zero-order chi connectivity index (χ0) is 19.8. The predicted octanol–water partition coefficient (Wildman–Crippen LogP) is 0.313. The molecule has 2 heterocycles. The lowest BCUT2D eigenvalue weighted by molar-refractivity contribution is -0.121. The number of carbonyl (C=O) groups is 1. The lowest BCUT2D eigenvalue weighted by Crippen LogP contribution is -2.41. The van der Waals surface area contributed by atoms with Gasteiger partial charge in [-0.15, -0.1) is 11.3 Å². The summed E-state index contributed by atoms with van der Waals surface area (Å²) in [5.41, 5.74) is 7.52. The van der Waals surface area contributed by atoms with E-state index in [1.807, 2.05) is 25.1 Å². The molecule has 3 rings (SSSR count). The zero-order valence-corrected chi connectivity index (χ0v) is 16.1. The number of benzene rings is 1. The van der Waals surface area contributed by atoms with Gasteiger partial charge in [0.15, 0.2) is 10.9 Å². The van der Waals surface area contributed by atoms with Gasteiger partial charge in [-0.25, -0.2) is 10.1 Å². The minimum atomic E-state index is -4.16. The zero-order valence-electron chi connectivity index (χ0n) is 14.5. The van der Waals surface area contributed by atoms with E-state index in [2.05, 4.69) is 9.71 Å². The van der Waals surface area contributed by atoms with Crippen molar-refractivity contribution in [2.45, 2.75) is 31.6 Å². The molecule has 1 aromatic heterocycles. The van der Waals surface area contributed by atoms with Gasteiger partial charge >= 0.3 is 7.12 Å². The van der Waals surface area contributed by atoms with Crippen molar-refractivity contribution in [3.05, 3.63) is 40.4 Å². The van der Waals surface area contributed by atoms with Crippen molar-refractivity contribution in [1.29, 1.82) is 0 Å². The highest BCUT2D eigenvalue weighted by atomic mass is 32.2. The lowest BCUT2D eigenvalue weighted by atomic mass is 9.64. The van der Waals surface area contributed by atoms with Crippen LogP contribution in [-0.4, -0.2) is 31.3 Å². The first-order valence-electron chi connectivity index (χ1n) is 8.11. The van der Waals surface area contributed by atoms with Crippen LogP contribution in [0.5, 0.6) is 5.75 Å². The summed E-state index contributed by atoms with van der Waals surface area (Å²) >= 11 is 1.08. The Labute approximate surface area is 161 Å². The fourth-order valence-electron chi connectivity index (χ4n) is 3.08. The Hall–Kier alpha value is -1.99. The quantitative estimate of drug-likeness (QED) is 0.499. The van der Waals surface area contributed by atoms with Crippen LogP contribution in [0.3, 0.4) is 0 Å². The fourth-order valence-corrected chi connectivity index (χ4v) is 4.25. The van der Waals surface area contributed by atoms with Gasteiger partial charge in [-0.05, 0) is 24.5 Å². The molecule has 9 nitrogen and oxygen atoms in total. The molecule has 0 fully saturated rings. The smallest absolute Gasteiger partial charge is 0.526 e. The third kappa shape index (κ3) is 4.65. The van der Waals surface area contributed by atoms with Crippen LogP contribution in [0.1, 0.15) is 29.3 Å². The van der Waals surface area contributed by atoms with E-state index < -0.39 is 35.0 Å². The number of rotatable bonds is 6. The number of carbonyl (C=O) groups excluding carboxylic acids is 1. The molecule has 1 unspecified atom stereocenters. The lowest BCUT2D eigenvalue weighted by Gasteiger charge is -2.29. The number of para-hydroxylation sites is 1. The highest BCUT2D eigenvalue weighted by molar-refractivity contribution is 7.87. The molecular weight excluding hydrogens is 391 g/mol. The first-order chi connectivity index (χ1) is 12.6. The van der Waals surface area contributed by atoms with Crippen LogP contribution in [0.4, 0.5) is 5.13 Å². The number of fused-ring (bicyclic) bond motifs is 1. The Morgan fingerprint density at radius 1 is 1.56 bits per heavy atom. The molecule has 0 saturated carbocycles. The Morgan fingerprint density at radius 2 is 2.30 bits per heavy atom. The second-order valence-electron chi connectivity index (χ2n) is 6.41. The molecule has 0 aliphatic carbocycles. The highest BCUT2D eigenvalue weighted by Gasteiger charge is 2.39. The largest absolute Gasteiger partial charge is 0.536 e. The first-order valence-corrected chi connectivity index (χ1v) is 10.5. The van der Waals surface area contributed by atoms with Gasteiger partial charge in [0.2, 0.25) is 0 Å². The topological polar surface area (TPSA) is 158 Å². The molecule has 12 heteroatoms. The van der Waals surface area contributed by atoms with Gasteiger partial charge < -0.3 is 15.4 Å². The number of aryl methyl sites for hydroxylation is 1. The van der Waals surface area contributed by atoms with Crippen LogP contribution in [0.2, 0.25) is 5.82 Å². The molecule has 0 bridgehead atoms. The van der Waals surface area contributed by atoms with Gasteiger partial charge in [0.1, 0.15) is 11.8 Å². The molecule has 0 amide bonds. The maximum Gasteiger partial charge on any atom is 0.526 e. The number of thiazole rings is 1. The fraction of sp³-hybridized carbons (Fsp3) is 0.333. The third-order valence-electron chi connectivity index (χ3n) is 4.32. The summed E-state index contributed by atoms with van der Waals surface area (Å²) < 4.78 is 30.6. The summed E-state index contributed by atoms with van der Waals surface area (Å²) in [6.45, 7) is 1.87. The van der Waals surface area contributed by atoms with Crippen molar-refractivity contribution in [1.82, 2.24) is 9.71 Å². The number of Topliss-reactive ketones (excluding diaryl/α,β-unsaturated/α-hetero) is 1. The molecular formula is C15H19BN4O5S2. The Morgan fingerprint density at radius 3 is 2.93 bits per heavy atom. The van der Waals surface area contributed by atoms with Gasteiger partial charge in [0.05, 0.1) is 5.69 Å². The number of nitrogens with one attached hydrogen (secondary N) is 1. The second kappa shape index (κ2) is 7.56. The number of nitrogen functional groups attached to an aromatic ring is 1. The summed E-state index contributed by atoms with van der Waals surface area (Å²) in [5.74, 6) is -0.411. The number of ketones is 1. The van der Waals surface area contributed by atoms with E-state index in [0.717, 1.165) is 22.5 Å². The molecule has 2 atom stereocenters. The van der Waals surface area contributed by atoms with Crippen LogP contribution < -0.4 is 20.2 Å². The van der Waals surface area contributed by atoms with E-state index in [0.29, 0.717) is 12.2 Å². The highest BCUT2D eigenvalue weighted by Crippen LogP contribution is 2.36. The van der Waals surface area contributed by atoms with Crippen molar-refractivity contribution in [3.8, 4) is 5.75 Å². The maximum atomic E-state index is 12.8. The van der Waals surface area contributed by atoms with Gasteiger partial charge in [-0.2, -0.15) is 13.1 Å². The molecule has 27 heavy (non-hydrogen) atoms. The Bertz CT molecular complexity index is 965. The monoisotopic (exact) mass is 410 g/mol. The van der Waals surface area contributed by atoms with Crippen LogP contribution in [0.15, 0.2) is 23.6 Å². The molecule has 2 aromatic rings. The maximum absolute atomic E-state index is 12.8. The standard InChI is InChI=1S/C15H19BN4O5S2/c1-8-3-2-4-9-5-10(16(22)25-14(8)9)6-12(21)13(20-27(18,23)24)11-7-26-15(17)19-11/h2-4,7,10,13,20,22H,5-6H2,1H3,(H2,17,19)(H2,18,23,24)/t10-,13?/m1/s1. The van der Waals surface area contributed by atoms with Gasteiger partial charge in [0, 0.05) is 17.6 Å². The number of aromatic nitrogens is 1. The van der Waals surface area contributed by atoms with Crippen molar-refractivity contribution < 1.29 is 22.9 Å². The summed E-state index contributed by atoms with van der Waals surface area (Å²) in [7, 11) is -5.34. The Balaban J connectivity index is 1.81. The molecule has 6 N–H and O–H groups in total. The van der Waals surface area contributed by atoms with E-state index in [4.69, 9.17) is 15.5 Å². The third-order valence-corrected chi connectivity index (χ3v) is 5.58. The second-order valence-corrected chi connectivity index (χ2v) is 8.63. The number of nitrogens with zero attached hydrogens (tertiary/aromatic N) is 1. The van der Waals surface area contributed by atoms with Crippen LogP contribution in [-0.2, 0) is 21.4 Å². The molecule has 1 aromatic carbocycles. The van der Waals surface area contributed by atoms with Crippen LogP contribution >= 0.6 is 11.3 Å². The molecule has 0 radical (unpaired) electrons. The SMILES string of the molecule is Cc1cccc2c1OB(O)[C@@H](CC(=O)C(NS(N)(=O)=O)c1csc(N)n1)C2. The number of hydrogen-bond donors (Lipinski definition) is 4. The average molecular weight is 410 g/mol. The molecule has 144 valence electrons.